The fraction of sp³-hybridized carbons (Fsp3) is 0.357. The Hall–Kier alpha value is -2.77. The van der Waals surface area contributed by atoms with Gasteiger partial charge in [0.05, 0.1) is 18.7 Å². The second-order valence-corrected chi connectivity index (χ2v) is 4.46. The molecule has 22 heavy (non-hydrogen) atoms. The van der Waals surface area contributed by atoms with E-state index < -0.39 is 30.2 Å². The molecule has 8 heteroatoms. The highest BCUT2D eigenvalue weighted by atomic mass is 16.5. The van der Waals surface area contributed by atoms with E-state index in [1.807, 2.05) is 0 Å². The molecule has 0 bridgehead atoms. The van der Waals surface area contributed by atoms with Crippen molar-refractivity contribution >= 4 is 23.5 Å². The van der Waals surface area contributed by atoms with Crippen LogP contribution in [0.5, 0.6) is 11.5 Å². The van der Waals surface area contributed by atoms with Gasteiger partial charge >= 0.3 is 5.97 Å². The summed E-state index contributed by atoms with van der Waals surface area (Å²) in [6.45, 7) is 3.38. The molecule has 0 spiro atoms. The molecule has 0 radical (unpaired) electrons. The van der Waals surface area contributed by atoms with Crippen molar-refractivity contribution in [3.63, 3.8) is 0 Å². The number of rotatable bonds is 7. The van der Waals surface area contributed by atoms with Crippen LogP contribution in [0.25, 0.3) is 0 Å². The smallest absolute Gasteiger partial charge is 0.326 e. The lowest BCUT2D eigenvalue weighted by atomic mass is 10.2. The first-order chi connectivity index (χ1) is 10.3. The van der Waals surface area contributed by atoms with E-state index in [1.54, 1.807) is 13.0 Å². The van der Waals surface area contributed by atoms with Crippen LogP contribution in [0.15, 0.2) is 18.2 Å². The average Bonchev–Trinajstić information content (AvgIpc) is 2.41. The monoisotopic (exact) mass is 310 g/mol. The Labute approximate surface area is 127 Å². The quantitative estimate of drug-likeness (QED) is 0.550. The molecular weight excluding hydrogens is 292 g/mol. The molecule has 0 heterocycles. The molecule has 0 aliphatic heterocycles. The Morgan fingerprint density at radius 3 is 2.50 bits per heavy atom. The van der Waals surface area contributed by atoms with E-state index in [1.165, 1.54) is 12.1 Å². The van der Waals surface area contributed by atoms with Crippen molar-refractivity contribution in [2.24, 2.45) is 0 Å². The molecule has 4 N–H and O–H groups in total. The van der Waals surface area contributed by atoms with E-state index in [-0.39, 0.29) is 11.4 Å². The van der Waals surface area contributed by atoms with Crippen LogP contribution in [-0.2, 0) is 14.4 Å². The van der Waals surface area contributed by atoms with E-state index in [2.05, 4.69) is 10.6 Å². The largest absolute Gasteiger partial charge is 0.506 e. The number of carbonyl (C=O) groups is 3. The number of ether oxygens (including phenoxy) is 1. The van der Waals surface area contributed by atoms with E-state index >= 15 is 0 Å². The van der Waals surface area contributed by atoms with E-state index in [4.69, 9.17) is 9.84 Å². The highest BCUT2D eigenvalue weighted by Gasteiger charge is 2.22. The summed E-state index contributed by atoms with van der Waals surface area (Å²) in [7, 11) is 0. The predicted molar refractivity (Wildman–Crippen MR) is 77.8 cm³/mol. The summed E-state index contributed by atoms with van der Waals surface area (Å²) in [6, 6.07) is 3.00. The maximum absolute atomic E-state index is 11.8. The highest BCUT2D eigenvalue weighted by Crippen LogP contribution is 2.28. The average molecular weight is 310 g/mol. The molecule has 0 aliphatic carbocycles. The Bertz CT molecular complexity index is 572. The molecule has 0 saturated carbocycles. The van der Waals surface area contributed by atoms with Crippen LogP contribution in [0.1, 0.15) is 20.3 Å². The van der Waals surface area contributed by atoms with E-state index in [0.29, 0.717) is 12.4 Å². The van der Waals surface area contributed by atoms with Gasteiger partial charge in [0.2, 0.25) is 11.8 Å². The molecule has 1 aromatic rings. The van der Waals surface area contributed by atoms with Gasteiger partial charge in [-0.15, -0.1) is 0 Å². The second kappa shape index (κ2) is 7.87. The topological polar surface area (TPSA) is 125 Å². The standard InChI is InChI=1S/C14H18N2O6/c1-3-22-9-4-5-10(12(18)6-9)16-13(19)7-11(14(20)21)15-8(2)17/h4-6,11,18H,3,7H2,1-2H3,(H,15,17)(H,16,19)(H,20,21). The number of carbonyl (C=O) groups excluding carboxylic acids is 2. The van der Waals surface area contributed by atoms with Gasteiger partial charge in [-0.1, -0.05) is 0 Å². The second-order valence-electron chi connectivity index (χ2n) is 4.46. The molecule has 0 aromatic heterocycles. The highest BCUT2D eigenvalue weighted by molar-refractivity contribution is 5.96. The first kappa shape index (κ1) is 17.3. The summed E-state index contributed by atoms with van der Waals surface area (Å²) in [4.78, 5) is 33.6. The van der Waals surface area contributed by atoms with Crippen LogP contribution in [0, 0.1) is 0 Å². The molecule has 1 atom stereocenters. The zero-order valence-corrected chi connectivity index (χ0v) is 12.3. The summed E-state index contributed by atoms with van der Waals surface area (Å²) < 4.78 is 5.19. The Morgan fingerprint density at radius 2 is 2.00 bits per heavy atom. The minimum Gasteiger partial charge on any atom is -0.506 e. The molecule has 1 unspecified atom stereocenters. The zero-order valence-electron chi connectivity index (χ0n) is 12.3. The van der Waals surface area contributed by atoms with Crippen LogP contribution in [0.2, 0.25) is 0 Å². The van der Waals surface area contributed by atoms with Gasteiger partial charge in [0.25, 0.3) is 0 Å². The van der Waals surface area contributed by atoms with Gasteiger partial charge in [0, 0.05) is 13.0 Å². The lowest BCUT2D eigenvalue weighted by Crippen LogP contribution is -2.42. The number of carboxylic acids is 1. The molecule has 1 rings (SSSR count). The molecule has 120 valence electrons. The number of phenolic OH excluding ortho intramolecular Hbond substituents is 1. The molecular formula is C14H18N2O6. The van der Waals surface area contributed by atoms with Gasteiger partial charge in [-0.3, -0.25) is 9.59 Å². The fourth-order valence-electron chi connectivity index (χ4n) is 1.71. The number of carboxylic acid groups (broad SMARTS) is 1. The third-order valence-electron chi connectivity index (χ3n) is 2.62. The minimum atomic E-state index is -1.33. The third kappa shape index (κ3) is 5.31. The Morgan fingerprint density at radius 1 is 1.32 bits per heavy atom. The normalized spacial score (nSPS) is 11.4. The predicted octanol–water partition coefficient (Wildman–Crippen LogP) is 0.709. The number of hydrogen-bond donors (Lipinski definition) is 4. The van der Waals surface area contributed by atoms with Crippen molar-refractivity contribution in [1.29, 1.82) is 0 Å². The number of benzene rings is 1. The fourth-order valence-corrected chi connectivity index (χ4v) is 1.71. The number of aromatic hydroxyl groups is 1. The van der Waals surface area contributed by atoms with Gasteiger partial charge in [0.15, 0.2) is 0 Å². The van der Waals surface area contributed by atoms with Gasteiger partial charge < -0.3 is 25.6 Å². The van der Waals surface area contributed by atoms with Crippen molar-refractivity contribution in [1.82, 2.24) is 5.32 Å². The number of amides is 2. The van der Waals surface area contributed by atoms with Crippen LogP contribution in [-0.4, -0.2) is 40.6 Å². The lowest BCUT2D eigenvalue weighted by Gasteiger charge is -2.14. The zero-order chi connectivity index (χ0) is 16.7. The van der Waals surface area contributed by atoms with Crippen LogP contribution < -0.4 is 15.4 Å². The van der Waals surface area contributed by atoms with E-state index in [0.717, 1.165) is 6.92 Å². The maximum Gasteiger partial charge on any atom is 0.326 e. The lowest BCUT2D eigenvalue weighted by molar-refractivity contribution is -0.142. The summed E-state index contributed by atoms with van der Waals surface area (Å²) >= 11 is 0. The summed E-state index contributed by atoms with van der Waals surface area (Å²) in [5.74, 6) is -2.28. The third-order valence-corrected chi connectivity index (χ3v) is 2.62. The van der Waals surface area contributed by atoms with Gasteiger partial charge in [-0.25, -0.2) is 4.79 Å². The minimum absolute atomic E-state index is 0.125. The van der Waals surface area contributed by atoms with Crippen LogP contribution >= 0.6 is 0 Å². The number of nitrogens with one attached hydrogen (secondary N) is 2. The van der Waals surface area contributed by atoms with Crippen LogP contribution in [0.4, 0.5) is 5.69 Å². The first-order valence-corrected chi connectivity index (χ1v) is 6.59. The molecule has 2 amide bonds. The Kier molecular flexibility index (Phi) is 6.18. The molecule has 0 saturated heterocycles. The molecule has 0 fully saturated rings. The SMILES string of the molecule is CCOc1ccc(NC(=O)CC(NC(C)=O)C(=O)O)c(O)c1. The van der Waals surface area contributed by atoms with Crippen molar-refractivity contribution < 1.29 is 29.3 Å². The van der Waals surface area contributed by atoms with Crippen molar-refractivity contribution in [2.75, 3.05) is 11.9 Å². The van der Waals surface area contributed by atoms with Gasteiger partial charge in [-0.05, 0) is 19.1 Å². The Balaban J connectivity index is 2.71. The molecule has 1 aromatic carbocycles. The van der Waals surface area contributed by atoms with E-state index in [9.17, 15) is 19.5 Å². The van der Waals surface area contributed by atoms with Crippen molar-refractivity contribution in [3.8, 4) is 11.5 Å². The summed E-state index contributed by atoms with van der Waals surface area (Å²) in [6.07, 6.45) is -0.457. The van der Waals surface area contributed by atoms with Gasteiger partial charge in [-0.2, -0.15) is 0 Å². The summed E-state index contributed by atoms with van der Waals surface area (Å²) in [5, 5.41) is 23.2. The van der Waals surface area contributed by atoms with Crippen LogP contribution in [0.3, 0.4) is 0 Å². The maximum atomic E-state index is 11.8. The van der Waals surface area contributed by atoms with Crippen molar-refractivity contribution in [2.45, 2.75) is 26.3 Å². The molecule has 8 nitrogen and oxygen atoms in total. The number of phenols is 1. The van der Waals surface area contributed by atoms with Gasteiger partial charge in [0.1, 0.15) is 17.5 Å². The molecule has 0 aliphatic rings. The van der Waals surface area contributed by atoms with Crippen molar-refractivity contribution in [3.05, 3.63) is 18.2 Å². The summed E-state index contributed by atoms with van der Waals surface area (Å²) in [5.41, 5.74) is 0.125. The first-order valence-electron chi connectivity index (χ1n) is 6.59. The number of anilines is 1. The number of hydrogen-bond acceptors (Lipinski definition) is 5. The number of aliphatic carboxylic acids is 1.